The number of carbonyl (C=O) groups is 1. The molecule has 1 atom stereocenters. The molecule has 0 radical (unpaired) electrons. The van der Waals surface area contributed by atoms with E-state index in [1.807, 2.05) is 6.92 Å². The molecule has 2 rings (SSSR count). The lowest BCUT2D eigenvalue weighted by atomic mass is 10.1. The standard InChI is InChI=1S/C14H17ClFNO4S/c1-2-5-21-13-7-11(16)3-4-12(13)17-8-10(6-14(17)18)9-22(15,19)20/h3-4,7,10H,2,5-6,8-9H2,1H3. The summed E-state index contributed by atoms with van der Waals surface area (Å²) in [7, 11) is 1.58. The number of benzene rings is 1. The number of anilines is 1. The van der Waals surface area contributed by atoms with E-state index in [0.29, 0.717) is 12.3 Å². The summed E-state index contributed by atoms with van der Waals surface area (Å²) in [6.07, 6.45) is 0.841. The Kier molecular flexibility index (Phi) is 5.28. The fraction of sp³-hybridized carbons (Fsp3) is 0.500. The number of rotatable bonds is 6. The molecule has 0 aliphatic carbocycles. The number of halogens is 2. The summed E-state index contributed by atoms with van der Waals surface area (Å²) >= 11 is 0. The van der Waals surface area contributed by atoms with Crippen LogP contribution in [0.3, 0.4) is 0 Å². The molecule has 1 fully saturated rings. The Balaban J connectivity index is 2.22. The number of ether oxygens (including phenoxy) is 1. The molecule has 122 valence electrons. The van der Waals surface area contributed by atoms with Crippen LogP contribution in [0.25, 0.3) is 0 Å². The lowest BCUT2D eigenvalue weighted by Gasteiger charge is -2.20. The smallest absolute Gasteiger partial charge is 0.232 e. The molecule has 1 aliphatic rings. The van der Waals surface area contributed by atoms with Gasteiger partial charge in [0.05, 0.1) is 18.0 Å². The van der Waals surface area contributed by atoms with Crippen molar-refractivity contribution in [3.05, 3.63) is 24.0 Å². The lowest BCUT2D eigenvalue weighted by molar-refractivity contribution is -0.117. The third-order valence-electron chi connectivity index (χ3n) is 3.31. The quantitative estimate of drug-likeness (QED) is 0.740. The van der Waals surface area contributed by atoms with Gasteiger partial charge in [-0.15, -0.1) is 0 Å². The fourth-order valence-electron chi connectivity index (χ4n) is 2.45. The van der Waals surface area contributed by atoms with Crippen LogP contribution < -0.4 is 9.64 Å². The van der Waals surface area contributed by atoms with Gasteiger partial charge in [-0.25, -0.2) is 12.8 Å². The van der Waals surface area contributed by atoms with Crippen molar-refractivity contribution in [3.8, 4) is 5.75 Å². The second-order valence-electron chi connectivity index (χ2n) is 5.24. The van der Waals surface area contributed by atoms with E-state index in [2.05, 4.69) is 0 Å². The van der Waals surface area contributed by atoms with Crippen LogP contribution in [-0.4, -0.2) is 33.2 Å². The first-order valence-corrected chi connectivity index (χ1v) is 9.43. The van der Waals surface area contributed by atoms with Crippen molar-refractivity contribution in [1.82, 2.24) is 0 Å². The first-order chi connectivity index (χ1) is 10.3. The van der Waals surface area contributed by atoms with E-state index in [-0.39, 0.29) is 36.3 Å². The van der Waals surface area contributed by atoms with Gasteiger partial charge in [-0.3, -0.25) is 4.79 Å². The number of nitrogens with zero attached hydrogens (tertiary/aromatic N) is 1. The summed E-state index contributed by atoms with van der Waals surface area (Å²) in [4.78, 5) is 13.5. The van der Waals surface area contributed by atoms with Crippen LogP contribution in [0.15, 0.2) is 18.2 Å². The first-order valence-electron chi connectivity index (χ1n) is 6.95. The van der Waals surface area contributed by atoms with Crippen molar-refractivity contribution < 1.29 is 22.3 Å². The van der Waals surface area contributed by atoms with Gasteiger partial charge in [-0.05, 0) is 18.6 Å². The predicted octanol–water partition coefficient (Wildman–Crippen LogP) is 2.54. The van der Waals surface area contributed by atoms with Crippen LogP contribution in [0.2, 0.25) is 0 Å². The van der Waals surface area contributed by atoms with Crippen LogP contribution in [0.5, 0.6) is 5.75 Å². The highest BCUT2D eigenvalue weighted by Crippen LogP contribution is 2.34. The van der Waals surface area contributed by atoms with Crippen molar-refractivity contribution in [2.24, 2.45) is 5.92 Å². The monoisotopic (exact) mass is 349 g/mol. The van der Waals surface area contributed by atoms with E-state index in [9.17, 15) is 17.6 Å². The second-order valence-corrected chi connectivity index (χ2v) is 8.06. The zero-order valence-corrected chi connectivity index (χ0v) is 13.7. The highest BCUT2D eigenvalue weighted by molar-refractivity contribution is 8.13. The van der Waals surface area contributed by atoms with Crippen LogP contribution in [0.4, 0.5) is 10.1 Å². The Labute approximate surface area is 133 Å². The van der Waals surface area contributed by atoms with Crippen molar-refractivity contribution in [3.63, 3.8) is 0 Å². The molecule has 1 aliphatic heterocycles. The van der Waals surface area contributed by atoms with Gasteiger partial charge >= 0.3 is 0 Å². The largest absolute Gasteiger partial charge is 0.491 e. The Morgan fingerprint density at radius 2 is 2.18 bits per heavy atom. The minimum atomic E-state index is -3.67. The highest BCUT2D eigenvalue weighted by Gasteiger charge is 2.34. The van der Waals surface area contributed by atoms with Crippen LogP contribution >= 0.6 is 10.7 Å². The second kappa shape index (κ2) is 6.83. The van der Waals surface area contributed by atoms with Crippen LogP contribution in [0.1, 0.15) is 19.8 Å². The van der Waals surface area contributed by atoms with Crippen molar-refractivity contribution in [2.75, 3.05) is 23.8 Å². The van der Waals surface area contributed by atoms with E-state index in [0.717, 1.165) is 6.42 Å². The average molecular weight is 350 g/mol. The zero-order valence-electron chi connectivity index (χ0n) is 12.1. The molecule has 1 unspecified atom stereocenters. The molecule has 8 heteroatoms. The van der Waals surface area contributed by atoms with Gasteiger partial charge in [-0.2, -0.15) is 0 Å². The zero-order chi connectivity index (χ0) is 16.3. The fourth-order valence-corrected chi connectivity index (χ4v) is 3.77. The lowest BCUT2D eigenvalue weighted by Crippen LogP contribution is -2.26. The van der Waals surface area contributed by atoms with Gasteiger partial charge in [0.1, 0.15) is 11.6 Å². The Hall–Kier alpha value is -1.34. The maximum atomic E-state index is 13.4. The molecule has 0 bridgehead atoms. The molecule has 1 aromatic carbocycles. The topological polar surface area (TPSA) is 63.7 Å². The third kappa shape index (κ3) is 4.33. The van der Waals surface area contributed by atoms with Gasteiger partial charge < -0.3 is 9.64 Å². The summed E-state index contributed by atoms with van der Waals surface area (Å²) in [6, 6.07) is 3.94. The van der Waals surface area contributed by atoms with E-state index >= 15 is 0 Å². The number of hydrogen-bond donors (Lipinski definition) is 0. The molecule has 1 saturated heterocycles. The Morgan fingerprint density at radius 1 is 1.45 bits per heavy atom. The molecule has 1 amide bonds. The maximum absolute atomic E-state index is 13.4. The van der Waals surface area contributed by atoms with Gasteiger partial charge in [-0.1, -0.05) is 6.92 Å². The van der Waals surface area contributed by atoms with Crippen LogP contribution in [-0.2, 0) is 13.8 Å². The molecule has 0 aromatic heterocycles. The minimum absolute atomic E-state index is 0.0938. The van der Waals surface area contributed by atoms with Crippen LogP contribution in [0, 0.1) is 11.7 Å². The number of hydrogen-bond acceptors (Lipinski definition) is 4. The van der Waals surface area contributed by atoms with Crippen molar-refractivity contribution in [2.45, 2.75) is 19.8 Å². The summed E-state index contributed by atoms with van der Waals surface area (Å²) < 4.78 is 41.2. The SMILES string of the molecule is CCCOc1cc(F)ccc1N1CC(CS(=O)(=O)Cl)CC1=O. The summed E-state index contributed by atoms with van der Waals surface area (Å²) in [6.45, 7) is 2.54. The molecule has 1 heterocycles. The Morgan fingerprint density at radius 3 is 2.82 bits per heavy atom. The molecule has 1 aromatic rings. The summed E-state index contributed by atoms with van der Waals surface area (Å²) in [5.41, 5.74) is 0.453. The third-order valence-corrected chi connectivity index (χ3v) is 4.56. The predicted molar refractivity (Wildman–Crippen MR) is 82.3 cm³/mol. The molecule has 22 heavy (non-hydrogen) atoms. The van der Waals surface area contributed by atoms with E-state index in [4.69, 9.17) is 15.4 Å². The van der Waals surface area contributed by atoms with E-state index in [1.165, 1.54) is 23.1 Å². The summed E-state index contributed by atoms with van der Waals surface area (Å²) in [5, 5.41) is 0. The maximum Gasteiger partial charge on any atom is 0.232 e. The highest BCUT2D eigenvalue weighted by atomic mass is 35.7. The van der Waals surface area contributed by atoms with Gasteiger partial charge in [0, 0.05) is 35.6 Å². The molecule has 0 saturated carbocycles. The molecular formula is C14H17ClFNO4S. The number of amides is 1. The van der Waals surface area contributed by atoms with E-state index < -0.39 is 14.9 Å². The van der Waals surface area contributed by atoms with Gasteiger partial charge in [0.25, 0.3) is 0 Å². The average Bonchev–Trinajstić information content (AvgIpc) is 2.75. The first kappa shape index (κ1) is 17.0. The minimum Gasteiger partial charge on any atom is -0.491 e. The van der Waals surface area contributed by atoms with Crippen molar-refractivity contribution in [1.29, 1.82) is 0 Å². The Bertz CT molecular complexity index is 665. The molecular weight excluding hydrogens is 333 g/mol. The van der Waals surface area contributed by atoms with Crippen molar-refractivity contribution >= 4 is 31.3 Å². The van der Waals surface area contributed by atoms with Gasteiger partial charge in [0.15, 0.2) is 0 Å². The number of carbonyl (C=O) groups excluding carboxylic acids is 1. The normalized spacial score (nSPS) is 18.8. The summed E-state index contributed by atoms with van der Waals surface area (Å²) in [5.74, 6) is -1.04. The molecule has 5 nitrogen and oxygen atoms in total. The molecule has 0 N–H and O–H groups in total. The molecule has 0 spiro atoms. The van der Waals surface area contributed by atoms with E-state index in [1.54, 1.807) is 0 Å². The van der Waals surface area contributed by atoms with Gasteiger partial charge in [0.2, 0.25) is 15.0 Å².